The van der Waals surface area contributed by atoms with Gasteiger partial charge in [0.05, 0.1) is 6.04 Å². The molecule has 0 bridgehead atoms. The molecule has 2 unspecified atom stereocenters. The lowest BCUT2D eigenvalue weighted by Gasteiger charge is -2.41. The number of halogens is 1. The molecule has 2 aliphatic heterocycles. The zero-order valence-corrected chi connectivity index (χ0v) is 23.3. The van der Waals surface area contributed by atoms with E-state index in [1.807, 2.05) is 15.9 Å². The molecule has 0 N–H and O–H groups in total. The first-order valence-electron chi connectivity index (χ1n) is 14.1. The van der Waals surface area contributed by atoms with Crippen LogP contribution in [0.4, 0.5) is 4.39 Å². The van der Waals surface area contributed by atoms with Gasteiger partial charge in [0, 0.05) is 56.5 Å². The van der Waals surface area contributed by atoms with Crippen LogP contribution in [0.25, 0.3) is 0 Å². The number of amides is 2. The van der Waals surface area contributed by atoms with E-state index in [-0.39, 0.29) is 29.7 Å². The number of nitrogens with zero attached hydrogens (tertiary/aromatic N) is 3. The van der Waals surface area contributed by atoms with E-state index in [9.17, 15) is 14.0 Å². The van der Waals surface area contributed by atoms with Gasteiger partial charge in [-0.1, -0.05) is 51.2 Å². The van der Waals surface area contributed by atoms with Gasteiger partial charge in [0.15, 0.2) is 0 Å². The number of piperazine rings is 1. The Labute approximate surface area is 225 Å². The highest BCUT2D eigenvalue weighted by Crippen LogP contribution is 2.38. The summed E-state index contributed by atoms with van der Waals surface area (Å²) >= 11 is 1.76. The van der Waals surface area contributed by atoms with Crippen LogP contribution in [0.5, 0.6) is 0 Å². The normalized spacial score (nSPS) is 20.2. The zero-order valence-electron chi connectivity index (χ0n) is 22.5. The van der Waals surface area contributed by atoms with Gasteiger partial charge in [0.1, 0.15) is 5.82 Å². The molecule has 2 aliphatic rings. The summed E-state index contributed by atoms with van der Waals surface area (Å²) in [5, 5.41) is 2.11. The summed E-state index contributed by atoms with van der Waals surface area (Å²) in [5.74, 6) is 0.144. The Kier molecular flexibility index (Phi) is 10.1. The van der Waals surface area contributed by atoms with Crippen LogP contribution in [0.2, 0.25) is 0 Å². The van der Waals surface area contributed by atoms with Crippen LogP contribution in [0, 0.1) is 5.82 Å². The van der Waals surface area contributed by atoms with Crippen LogP contribution >= 0.6 is 11.3 Å². The lowest BCUT2D eigenvalue weighted by Crippen LogP contribution is -2.55. The molecule has 1 aromatic carbocycles. The van der Waals surface area contributed by atoms with Gasteiger partial charge in [-0.2, -0.15) is 0 Å². The number of fused-ring (bicyclic) bond motifs is 1. The van der Waals surface area contributed by atoms with Crippen molar-refractivity contribution in [3.63, 3.8) is 0 Å². The second kappa shape index (κ2) is 13.5. The first-order chi connectivity index (χ1) is 18.0. The van der Waals surface area contributed by atoms with E-state index in [1.54, 1.807) is 23.5 Å². The molecule has 1 fully saturated rings. The van der Waals surface area contributed by atoms with E-state index >= 15 is 0 Å². The molecular weight excluding hydrogens is 485 g/mol. The largest absolute Gasteiger partial charge is 0.339 e. The molecular formula is C30H42FN3O2S. The summed E-state index contributed by atoms with van der Waals surface area (Å²) in [6.07, 6.45) is 9.08. The van der Waals surface area contributed by atoms with Gasteiger partial charge in [-0.3, -0.25) is 14.5 Å². The lowest BCUT2D eigenvalue weighted by molar-refractivity contribution is -0.142. The van der Waals surface area contributed by atoms with Gasteiger partial charge in [-0.05, 0) is 54.5 Å². The number of unbranched alkanes of at least 4 members (excludes halogenated alkanes) is 5. The lowest BCUT2D eigenvalue weighted by atomic mass is 9.93. The van der Waals surface area contributed by atoms with Crippen molar-refractivity contribution in [1.82, 2.24) is 14.7 Å². The third-order valence-corrected chi connectivity index (χ3v) is 8.88. The van der Waals surface area contributed by atoms with E-state index < -0.39 is 0 Å². The molecule has 4 rings (SSSR count). The van der Waals surface area contributed by atoms with Crippen LogP contribution in [0.3, 0.4) is 0 Å². The predicted octanol–water partition coefficient (Wildman–Crippen LogP) is 6.03. The van der Waals surface area contributed by atoms with Crippen LogP contribution in [0.15, 0.2) is 35.7 Å². The van der Waals surface area contributed by atoms with E-state index in [0.717, 1.165) is 31.4 Å². The number of carbonyl (C=O) groups excluding carboxylic acids is 2. The molecule has 7 heteroatoms. The summed E-state index contributed by atoms with van der Waals surface area (Å²) in [7, 11) is 0. The monoisotopic (exact) mass is 527 g/mol. The summed E-state index contributed by atoms with van der Waals surface area (Å²) in [6, 6.07) is 9.03. The Morgan fingerprint density at radius 1 is 1.00 bits per heavy atom. The molecule has 202 valence electrons. The summed E-state index contributed by atoms with van der Waals surface area (Å²) in [5.41, 5.74) is 2.18. The minimum Gasteiger partial charge on any atom is -0.339 e. The van der Waals surface area contributed by atoms with Crippen molar-refractivity contribution >= 4 is 23.2 Å². The highest BCUT2D eigenvalue weighted by molar-refractivity contribution is 7.10. The highest BCUT2D eigenvalue weighted by atomic mass is 32.1. The molecule has 2 atom stereocenters. The molecule has 3 heterocycles. The van der Waals surface area contributed by atoms with Crippen molar-refractivity contribution in [2.75, 3.05) is 32.7 Å². The number of thiophene rings is 1. The molecule has 0 saturated carbocycles. The Morgan fingerprint density at radius 2 is 1.81 bits per heavy atom. The van der Waals surface area contributed by atoms with Gasteiger partial charge in [0.25, 0.3) is 0 Å². The van der Waals surface area contributed by atoms with Gasteiger partial charge >= 0.3 is 0 Å². The number of hydrogen-bond acceptors (Lipinski definition) is 4. The fourth-order valence-electron chi connectivity index (χ4n) is 5.83. The molecule has 37 heavy (non-hydrogen) atoms. The number of hydrogen-bond donors (Lipinski definition) is 0. The molecule has 0 spiro atoms. The maximum atomic E-state index is 14.1. The van der Waals surface area contributed by atoms with Crippen molar-refractivity contribution in [2.45, 2.75) is 83.7 Å². The minimum atomic E-state index is -0.228. The maximum absolute atomic E-state index is 14.1. The van der Waals surface area contributed by atoms with Crippen LogP contribution in [-0.2, 0) is 16.0 Å². The molecule has 5 nitrogen and oxygen atoms in total. The van der Waals surface area contributed by atoms with E-state index in [2.05, 4.69) is 30.2 Å². The third-order valence-electron chi connectivity index (χ3n) is 7.89. The molecule has 1 saturated heterocycles. The van der Waals surface area contributed by atoms with Crippen molar-refractivity contribution in [2.24, 2.45) is 0 Å². The third kappa shape index (κ3) is 7.20. The maximum Gasteiger partial charge on any atom is 0.223 e. The number of carbonyl (C=O) groups is 2. The summed E-state index contributed by atoms with van der Waals surface area (Å²) < 4.78 is 14.1. The van der Waals surface area contributed by atoms with Crippen molar-refractivity contribution < 1.29 is 14.0 Å². The van der Waals surface area contributed by atoms with Gasteiger partial charge < -0.3 is 9.80 Å². The molecule has 2 amide bonds. The highest BCUT2D eigenvalue weighted by Gasteiger charge is 2.32. The van der Waals surface area contributed by atoms with Gasteiger partial charge in [-0.15, -0.1) is 11.3 Å². The van der Waals surface area contributed by atoms with E-state index in [0.29, 0.717) is 39.0 Å². The first kappa shape index (κ1) is 27.8. The standard InChI is InChI=1S/C30H42FN3O2S/c1-3-4-5-6-7-8-12-29(36)34-19-18-33(22-23(34)2)28(35)14-17-32-16-13-27-26(15-20-37-27)30(32)24-10-9-11-25(31)21-24/h9-11,15,20-21,23,30H,3-8,12-14,16-19,22H2,1-2H3. The Bertz CT molecular complexity index is 1040. The Balaban J connectivity index is 1.28. The molecule has 1 aromatic heterocycles. The van der Waals surface area contributed by atoms with Crippen molar-refractivity contribution in [1.29, 1.82) is 0 Å². The average Bonchev–Trinajstić information content (AvgIpc) is 3.37. The topological polar surface area (TPSA) is 43.9 Å². The van der Waals surface area contributed by atoms with Crippen LogP contribution in [-0.4, -0.2) is 65.3 Å². The second-order valence-corrected chi connectivity index (χ2v) is 11.6. The number of benzene rings is 1. The average molecular weight is 528 g/mol. The van der Waals surface area contributed by atoms with Gasteiger partial charge in [0.2, 0.25) is 11.8 Å². The Morgan fingerprint density at radius 3 is 2.59 bits per heavy atom. The second-order valence-electron chi connectivity index (χ2n) is 10.6. The van der Waals surface area contributed by atoms with E-state index in [4.69, 9.17) is 0 Å². The quantitative estimate of drug-likeness (QED) is 0.335. The molecule has 2 aromatic rings. The fraction of sp³-hybridized carbons (Fsp3) is 0.600. The van der Waals surface area contributed by atoms with E-state index in [1.165, 1.54) is 42.2 Å². The summed E-state index contributed by atoms with van der Waals surface area (Å²) in [4.78, 5) is 33.5. The van der Waals surface area contributed by atoms with Gasteiger partial charge in [-0.25, -0.2) is 4.39 Å². The molecule has 0 aliphatic carbocycles. The molecule has 0 radical (unpaired) electrons. The zero-order chi connectivity index (χ0) is 26.2. The van der Waals surface area contributed by atoms with Crippen LogP contribution < -0.4 is 0 Å². The number of rotatable bonds is 11. The first-order valence-corrected chi connectivity index (χ1v) is 15.0. The minimum absolute atomic E-state index is 0.0196. The predicted molar refractivity (Wildman–Crippen MR) is 148 cm³/mol. The fourth-order valence-corrected chi connectivity index (χ4v) is 6.73. The van der Waals surface area contributed by atoms with Crippen molar-refractivity contribution in [3.8, 4) is 0 Å². The smallest absolute Gasteiger partial charge is 0.223 e. The SMILES string of the molecule is CCCCCCCCC(=O)N1CCN(C(=O)CCN2CCc3sccc3C2c2cccc(F)c2)CC1C. The van der Waals surface area contributed by atoms with Crippen LogP contribution in [0.1, 0.15) is 87.3 Å². The Hall–Kier alpha value is -2.25. The van der Waals surface area contributed by atoms with Crippen molar-refractivity contribution in [3.05, 3.63) is 57.5 Å². The summed E-state index contributed by atoms with van der Waals surface area (Å²) in [6.45, 7) is 7.60.